The summed E-state index contributed by atoms with van der Waals surface area (Å²) < 4.78 is 27.7. The first-order valence-corrected chi connectivity index (χ1v) is 27.0. The molecule has 4 heterocycles. The minimum atomic E-state index is -2.32. The van der Waals surface area contributed by atoms with Crippen LogP contribution in [0.25, 0.3) is 72.2 Å². The number of aryl methyl sites for hydroxylation is 1. The van der Waals surface area contributed by atoms with E-state index < -0.39 is 19.6 Å². The van der Waals surface area contributed by atoms with E-state index in [1.165, 1.54) is 10.8 Å². The van der Waals surface area contributed by atoms with Gasteiger partial charge in [-0.15, -0.1) is 18.2 Å². The summed E-state index contributed by atoms with van der Waals surface area (Å²) in [6.45, 7) is 3.95. The van der Waals surface area contributed by atoms with E-state index in [9.17, 15) is 0 Å². The summed E-state index contributed by atoms with van der Waals surface area (Å²) in [6.07, 6.45) is 0.433. The molecule has 0 saturated heterocycles. The Morgan fingerprint density at radius 2 is 1.51 bits per heavy atom. The molecule has 0 bridgehead atoms. The first-order chi connectivity index (χ1) is 29.0. The Bertz CT molecular complexity index is 3150. The summed E-state index contributed by atoms with van der Waals surface area (Å²) in [6, 6.07) is 57.3. The van der Waals surface area contributed by atoms with Gasteiger partial charge in [-0.05, 0) is 42.6 Å². The van der Waals surface area contributed by atoms with Gasteiger partial charge in [0, 0.05) is 42.3 Å². The molecule has 10 rings (SSSR count). The van der Waals surface area contributed by atoms with Crippen molar-refractivity contribution < 1.29 is 27.3 Å². The normalized spacial score (nSPS) is 12.8. The summed E-state index contributed by atoms with van der Waals surface area (Å²) in [4.78, 5) is 14.3. The van der Waals surface area contributed by atoms with Crippen molar-refractivity contribution in [2.24, 2.45) is 0 Å². The Morgan fingerprint density at radius 3 is 2.32 bits per heavy atom. The summed E-state index contributed by atoms with van der Waals surface area (Å²) in [7, 11) is 0. The van der Waals surface area contributed by atoms with Gasteiger partial charge in [-0.2, -0.15) is 0 Å². The maximum absolute atomic E-state index is 9.05. The van der Waals surface area contributed by atoms with Crippen LogP contribution >= 0.6 is 0 Å². The van der Waals surface area contributed by atoms with Crippen molar-refractivity contribution >= 4 is 61.5 Å². The number of aromatic nitrogens is 4. The molecule has 0 N–H and O–H groups in total. The molecule has 1 radical (unpaired) electrons. The predicted octanol–water partition coefficient (Wildman–Crippen LogP) is 12.7. The van der Waals surface area contributed by atoms with Crippen LogP contribution in [-0.4, -0.2) is 32.8 Å². The summed E-state index contributed by atoms with van der Waals surface area (Å²) >= 11 is -2.32. The molecular formula is C52H44GeIrN4O-2. The Hall–Kier alpha value is -5.66. The molecule has 1 atom stereocenters. The standard InChI is InChI=1S/C29H18N3O.C23H26GeN.Ir/c1-18-16-17-22-21-11-7-12-23(27(21)33-29(22)30-18)28-31-24-13-4-5-14-26(24)32(28)25-15-6-9-19-8-2-3-10-20(19)25;1-18(19-11-7-5-8-12-19)15-21-16-23(20-13-9-6-10-14-20)25-17-22(21)24(2,3)4;/h2-11,13-17H,1H3;5-13,16-18H,15H2,1-4H3;/q2*-1;/i;15D2;. The molecule has 4 aromatic heterocycles. The molecule has 6 aromatic carbocycles. The molecule has 59 heavy (non-hydrogen) atoms. The third-order valence-electron chi connectivity index (χ3n) is 10.6. The van der Waals surface area contributed by atoms with Crippen molar-refractivity contribution in [2.45, 2.75) is 43.4 Å². The van der Waals surface area contributed by atoms with Crippen LogP contribution in [-0.2, 0) is 26.5 Å². The number of hydrogen-bond acceptors (Lipinski definition) is 4. The average Bonchev–Trinajstić information content (AvgIpc) is 3.84. The predicted molar refractivity (Wildman–Crippen MR) is 243 cm³/mol. The van der Waals surface area contributed by atoms with Gasteiger partial charge in [0.05, 0.1) is 22.4 Å². The monoisotopic (exact) mass is 1010 g/mol. The number of hydrogen-bond donors (Lipinski definition) is 0. The van der Waals surface area contributed by atoms with Gasteiger partial charge >= 0.3 is 157 Å². The smallest absolute Gasteiger partial charge is 0 e. The van der Waals surface area contributed by atoms with Crippen LogP contribution in [0.1, 0.15) is 32.4 Å². The van der Waals surface area contributed by atoms with E-state index in [4.69, 9.17) is 12.1 Å². The van der Waals surface area contributed by atoms with E-state index in [-0.39, 0.29) is 26.0 Å². The molecule has 293 valence electrons. The van der Waals surface area contributed by atoms with Crippen LogP contribution in [0.2, 0.25) is 17.3 Å². The molecule has 0 aliphatic heterocycles. The molecule has 1 unspecified atom stereocenters. The van der Waals surface area contributed by atoms with Gasteiger partial charge in [0.15, 0.2) is 0 Å². The number of para-hydroxylation sites is 2. The van der Waals surface area contributed by atoms with Crippen LogP contribution in [0.3, 0.4) is 0 Å². The quantitative estimate of drug-likeness (QED) is 0.118. The van der Waals surface area contributed by atoms with E-state index >= 15 is 0 Å². The molecule has 0 aliphatic rings. The van der Waals surface area contributed by atoms with E-state index in [0.29, 0.717) is 5.71 Å². The topological polar surface area (TPSA) is 56.7 Å². The fourth-order valence-electron chi connectivity index (χ4n) is 7.65. The molecule has 0 fully saturated rings. The molecular weight excluding hydrogens is 961 g/mol. The minimum absolute atomic E-state index is 0. The van der Waals surface area contributed by atoms with Crippen LogP contribution in [0, 0.1) is 19.1 Å². The van der Waals surface area contributed by atoms with Crippen molar-refractivity contribution in [3.8, 4) is 28.3 Å². The van der Waals surface area contributed by atoms with Gasteiger partial charge < -0.3 is 8.98 Å². The molecule has 0 saturated carbocycles. The number of imidazole rings is 1. The van der Waals surface area contributed by atoms with E-state index in [0.717, 1.165) is 76.9 Å². The Labute approximate surface area is 364 Å². The first-order valence-electron chi connectivity index (χ1n) is 20.7. The van der Waals surface area contributed by atoms with Gasteiger partial charge in [0.25, 0.3) is 0 Å². The zero-order valence-electron chi connectivity index (χ0n) is 35.6. The summed E-state index contributed by atoms with van der Waals surface area (Å²) in [5, 5.41) is 4.37. The van der Waals surface area contributed by atoms with Gasteiger partial charge in [0.2, 0.25) is 5.71 Å². The van der Waals surface area contributed by atoms with Crippen LogP contribution in [0.5, 0.6) is 0 Å². The molecule has 0 aliphatic carbocycles. The number of nitrogens with zero attached hydrogens (tertiary/aromatic N) is 4. The molecule has 7 heteroatoms. The maximum Gasteiger partial charge on any atom is 0 e. The first kappa shape index (κ1) is 37.6. The number of rotatable bonds is 7. The van der Waals surface area contributed by atoms with Gasteiger partial charge in [-0.3, -0.25) is 4.98 Å². The van der Waals surface area contributed by atoms with Crippen molar-refractivity contribution in [2.75, 3.05) is 0 Å². The third kappa shape index (κ3) is 8.05. The SMILES string of the molecule is Cc1ccc2c(n1)oc1c(-c3nc4ccccc4n3-c3cccc4ccccc34)[c-]ccc12.[2H]C([2H])(c1cc(-c2[c-]cccc2)nc[c]1[Ge]([CH3])([CH3])[CH3])C(C)c1ccccc1.[Ir]. The Morgan fingerprint density at radius 1 is 0.746 bits per heavy atom. The largest absolute Gasteiger partial charge is 0 e. The average molecular weight is 1010 g/mol. The van der Waals surface area contributed by atoms with Crippen molar-refractivity contribution in [3.05, 3.63) is 187 Å². The molecule has 5 nitrogen and oxygen atoms in total. The van der Waals surface area contributed by atoms with Gasteiger partial charge in [-0.1, -0.05) is 59.5 Å². The molecule has 10 aromatic rings. The minimum Gasteiger partial charge on any atom is 0 e. The second-order valence-corrected chi connectivity index (χ2v) is 26.3. The second-order valence-electron chi connectivity index (χ2n) is 15.7. The van der Waals surface area contributed by atoms with E-state index in [1.54, 1.807) is 0 Å². The summed E-state index contributed by atoms with van der Waals surface area (Å²) in [5.41, 5.74) is 9.67. The van der Waals surface area contributed by atoms with E-state index in [1.807, 2.05) is 117 Å². The van der Waals surface area contributed by atoms with Gasteiger partial charge in [-0.25, -0.2) is 4.98 Å². The number of benzene rings is 6. The van der Waals surface area contributed by atoms with Crippen LogP contribution in [0.15, 0.2) is 162 Å². The summed E-state index contributed by atoms with van der Waals surface area (Å²) in [5.74, 6) is 7.42. The Balaban J connectivity index is 0.000000170. The molecule has 0 spiro atoms. The zero-order chi connectivity index (χ0) is 41.6. The molecule has 0 amide bonds. The maximum atomic E-state index is 9.05. The number of pyridine rings is 2. The fraction of sp³-hybridized carbons (Fsp3) is 0.135. The van der Waals surface area contributed by atoms with Crippen LogP contribution in [0.4, 0.5) is 0 Å². The number of fused-ring (bicyclic) bond motifs is 5. The van der Waals surface area contributed by atoms with Crippen LogP contribution < -0.4 is 4.40 Å². The zero-order valence-corrected chi connectivity index (χ0v) is 38.1. The fourth-order valence-corrected chi connectivity index (χ4v) is 10.6. The second kappa shape index (κ2) is 16.9. The van der Waals surface area contributed by atoms with E-state index in [2.05, 4.69) is 98.5 Å². The third-order valence-corrected chi connectivity index (χ3v) is 14.8. The Kier molecular flexibility index (Phi) is 10.8. The number of furan rings is 1. The van der Waals surface area contributed by atoms with Crippen molar-refractivity contribution in [1.82, 2.24) is 19.5 Å². The van der Waals surface area contributed by atoms with Crippen molar-refractivity contribution in [3.63, 3.8) is 0 Å². The van der Waals surface area contributed by atoms with Gasteiger partial charge in [0.1, 0.15) is 0 Å². The van der Waals surface area contributed by atoms with Crippen molar-refractivity contribution in [1.29, 1.82) is 0 Å².